The number of hydrogen-bond donors (Lipinski definition) is 2. The number of rotatable bonds is 8. The molecular formula is C23H30ClN3O6. The molecule has 2 saturated heterocycles. The van der Waals surface area contributed by atoms with E-state index < -0.39 is 36.3 Å². The van der Waals surface area contributed by atoms with Crippen LogP contribution < -0.4 is 10.6 Å². The Morgan fingerprint density at radius 1 is 1.27 bits per heavy atom. The number of nitrogens with zero attached hydrogens (tertiary/aromatic N) is 1. The number of nitrogens with one attached hydrogen (secondary N) is 2. The molecule has 0 aromatic heterocycles. The van der Waals surface area contributed by atoms with Gasteiger partial charge >= 0.3 is 5.97 Å². The summed E-state index contributed by atoms with van der Waals surface area (Å²) in [6, 6.07) is 4.48. The second-order valence-electron chi connectivity index (χ2n) is 8.50. The van der Waals surface area contributed by atoms with E-state index in [-0.39, 0.29) is 29.7 Å². The second kappa shape index (κ2) is 11.0. The van der Waals surface area contributed by atoms with Crippen LogP contribution in [-0.4, -0.2) is 66.2 Å². The van der Waals surface area contributed by atoms with Gasteiger partial charge in [-0.2, -0.15) is 0 Å². The normalized spacial score (nSPS) is 23.4. The molecule has 2 aliphatic heterocycles. The molecule has 0 bridgehead atoms. The van der Waals surface area contributed by atoms with Gasteiger partial charge in [0, 0.05) is 13.2 Å². The van der Waals surface area contributed by atoms with Crippen LogP contribution in [0.5, 0.6) is 0 Å². The molecule has 2 aliphatic rings. The van der Waals surface area contributed by atoms with Gasteiger partial charge in [0.05, 0.1) is 17.0 Å². The SMILES string of the molecule is CCO[C@@H]1OC(=O)C[C@H]1NC(=O)[C@@H]1CCCN1C(=O)[C@@H](NC(=O)c1ccccc1Cl)C(C)C. The van der Waals surface area contributed by atoms with Crippen molar-refractivity contribution in [2.45, 2.75) is 64.4 Å². The average Bonchev–Trinajstić information content (AvgIpc) is 3.38. The highest BCUT2D eigenvalue weighted by Gasteiger charge is 2.42. The Morgan fingerprint density at radius 3 is 2.67 bits per heavy atom. The standard InChI is InChI=1S/C23H30ClN3O6/c1-4-32-23-16(12-18(28)33-23)25-21(30)17-10-7-11-27(17)22(31)19(13(2)3)26-20(29)14-8-5-6-9-15(14)24/h5-6,8-9,13,16-17,19,23H,4,7,10-12H2,1-3H3,(H,25,30)(H,26,29)/t16-,17+,19+,23-/m1/s1. The van der Waals surface area contributed by atoms with Crippen LogP contribution >= 0.6 is 11.6 Å². The van der Waals surface area contributed by atoms with Crippen molar-refractivity contribution in [2.24, 2.45) is 5.92 Å². The first kappa shape index (κ1) is 25.0. The highest BCUT2D eigenvalue weighted by Crippen LogP contribution is 2.23. The molecule has 9 nitrogen and oxygen atoms in total. The first-order valence-corrected chi connectivity index (χ1v) is 11.6. The maximum absolute atomic E-state index is 13.4. The number of hydrogen-bond acceptors (Lipinski definition) is 6. The lowest BCUT2D eigenvalue weighted by molar-refractivity contribution is -0.164. The van der Waals surface area contributed by atoms with Gasteiger partial charge in [-0.3, -0.25) is 19.2 Å². The Bertz CT molecular complexity index is 908. The van der Waals surface area contributed by atoms with E-state index in [2.05, 4.69) is 10.6 Å². The minimum Gasteiger partial charge on any atom is -0.433 e. The Kier molecular flexibility index (Phi) is 8.31. The van der Waals surface area contributed by atoms with Gasteiger partial charge in [0.25, 0.3) is 5.91 Å². The van der Waals surface area contributed by atoms with Crippen LogP contribution in [0.3, 0.4) is 0 Å². The molecule has 33 heavy (non-hydrogen) atoms. The first-order valence-electron chi connectivity index (χ1n) is 11.2. The summed E-state index contributed by atoms with van der Waals surface area (Å²) in [5.74, 6) is -1.80. The third-order valence-corrected chi connectivity index (χ3v) is 6.13. The molecular weight excluding hydrogens is 450 g/mol. The predicted molar refractivity (Wildman–Crippen MR) is 120 cm³/mol. The van der Waals surface area contributed by atoms with Crippen molar-refractivity contribution in [3.05, 3.63) is 34.9 Å². The van der Waals surface area contributed by atoms with Crippen molar-refractivity contribution < 1.29 is 28.7 Å². The summed E-state index contributed by atoms with van der Waals surface area (Å²) in [5, 5.41) is 5.88. The number of likely N-dealkylation sites (tertiary alicyclic amines) is 1. The van der Waals surface area contributed by atoms with Gasteiger partial charge < -0.3 is 25.0 Å². The molecule has 2 fully saturated rings. The summed E-state index contributed by atoms with van der Waals surface area (Å²) in [6.45, 7) is 6.16. The summed E-state index contributed by atoms with van der Waals surface area (Å²) in [6.07, 6.45) is 0.318. The summed E-state index contributed by atoms with van der Waals surface area (Å²) in [5.41, 5.74) is 0.279. The van der Waals surface area contributed by atoms with Crippen LogP contribution in [0.25, 0.3) is 0 Å². The maximum Gasteiger partial charge on any atom is 0.310 e. The zero-order valence-corrected chi connectivity index (χ0v) is 19.8. The van der Waals surface area contributed by atoms with Crippen LogP contribution in [0, 0.1) is 5.92 Å². The second-order valence-corrected chi connectivity index (χ2v) is 8.90. The minimum atomic E-state index is -0.838. The minimum absolute atomic E-state index is 0.0135. The van der Waals surface area contributed by atoms with Crippen LogP contribution in [0.2, 0.25) is 5.02 Å². The Hall–Kier alpha value is -2.65. The largest absolute Gasteiger partial charge is 0.433 e. The Balaban J connectivity index is 1.70. The van der Waals surface area contributed by atoms with Crippen molar-refractivity contribution in [3.63, 3.8) is 0 Å². The zero-order valence-electron chi connectivity index (χ0n) is 19.0. The van der Waals surface area contributed by atoms with E-state index >= 15 is 0 Å². The van der Waals surface area contributed by atoms with Gasteiger partial charge in [-0.15, -0.1) is 0 Å². The van der Waals surface area contributed by atoms with Gasteiger partial charge in [0.1, 0.15) is 18.1 Å². The van der Waals surface area contributed by atoms with E-state index in [1.54, 1.807) is 31.2 Å². The fourth-order valence-electron chi connectivity index (χ4n) is 4.11. The monoisotopic (exact) mass is 479 g/mol. The third-order valence-electron chi connectivity index (χ3n) is 5.80. The van der Waals surface area contributed by atoms with Crippen molar-refractivity contribution in [2.75, 3.05) is 13.2 Å². The van der Waals surface area contributed by atoms with Gasteiger partial charge in [-0.25, -0.2) is 0 Å². The number of amides is 3. The van der Waals surface area contributed by atoms with Crippen LogP contribution in [0.1, 0.15) is 50.4 Å². The number of carbonyl (C=O) groups is 4. The van der Waals surface area contributed by atoms with E-state index in [0.717, 1.165) is 0 Å². The number of halogens is 1. The fraction of sp³-hybridized carbons (Fsp3) is 0.565. The topological polar surface area (TPSA) is 114 Å². The smallest absolute Gasteiger partial charge is 0.310 e. The van der Waals surface area contributed by atoms with Crippen LogP contribution in [0.15, 0.2) is 24.3 Å². The molecule has 1 aromatic carbocycles. The molecule has 3 amide bonds. The van der Waals surface area contributed by atoms with Gasteiger partial charge in [-0.05, 0) is 37.8 Å². The van der Waals surface area contributed by atoms with Crippen molar-refractivity contribution in [1.82, 2.24) is 15.5 Å². The van der Waals surface area contributed by atoms with Gasteiger partial charge in [0.2, 0.25) is 18.1 Å². The number of cyclic esters (lactones) is 1. The lowest BCUT2D eigenvalue weighted by Gasteiger charge is -2.31. The number of benzene rings is 1. The van der Waals surface area contributed by atoms with Crippen molar-refractivity contribution in [3.8, 4) is 0 Å². The number of ether oxygens (including phenoxy) is 2. The Labute approximate surface area is 198 Å². The van der Waals surface area contributed by atoms with E-state index in [1.165, 1.54) is 4.90 Å². The lowest BCUT2D eigenvalue weighted by atomic mass is 10.0. The summed E-state index contributed by atoms with van der Waals surface area (Å²) in [4.78, 5) is 52.3. The molecule has 2 heterocycles. The van der Waals surface area contributed by atoms with Crippen LogP contribution in [-0.2, 0) is 23.9 Å². The van der Waals surface area contributed by atoms with Crippen LogP contribution in [0.4, 0.5) is 0 Å². The molecule has 0 spiro atoms. The quantitative estimate of drug-likeness (QED) is 0.550. The van der Waals surface area contributed by atoms with E-state index in [1.807, 2.05) is 13.8 Å². The maximum atomic E-state index is 13.4. The predicted octanol–water partition coefficient (Wildman–Crippen LogP) is 1.88. The molecule has 3 rings (SSSR count). The van der Waals surface area contributed by atoms with E-state index in [9.17, 15) is 19.2 Å². The molecule has 0 radical (unpaired) electrons. The van der Waals surface area contributed by atoms with Gasteiger partial charge in [0.15, 0.2) is 0 Å². The summed E-state index contributed by atoms with van der Waals surface area (Å²) < 4.78 is 10.5. The molecule has 4 atom stereocenters. The molecule has 1 aromatic rings. The fourth-order valence-corrected chi connectivity index (χ4v) is 4.33. The molecule has 2 N–H and O–H groups in total. The highest BCUT2D eigenvalue weighted by molar-refractivity contribution is 6.33. The van der Waals surface area contributed by atoms with E-state index in [0.29, 0.717) is 31.0 Å². The molecule has 10 heteroatoms. The highest BCUT2D eigenvalue weighted by atomic mass is 35.5. The third kappa shape index (κ3) is 5.83. The summed E-state index contributed by atoms with van der Waals surface area (Å²) >= 11 is 6.13. The molecule has 0 saturated carbocycles. The number of carbonyl (C=O) groups excluding carboxylic acids is 4. The van der Waals surface area contributed by atoms with Crippen molar-refractivity contribution in [1.29, 1.82) is 0 Å². The molecule has 180 valence electrons. The van der Waals surface area contributed by atoms with Crippen molar-refractivity contribution >= 4 is 35.3 Å². The molecule has 0 unspecified atom stereocenters. The van der Waals surface area contributed by atoms with Gasteiger partial charge in [-0.1, -0.05) is 37.6 Å². The average molecular weight is 480 g/mol. The zero-order chi connectivity index (χ0) is 24.1. The Morgan fingerprint density at radius 2 is 2.00 bits per heavy atom. The number of esters is 1. The van der Waals surface area contributed by atoms with E-state index in [4.69, 9.17) is 21.1 Å². The summed E-state index contributed by atoms with van der Waals surface area (Å²) in [7, 11) is 0. The molecule has 0 aliphatic carbocycles. The lowest BCUT2D eigenvalue weighted by Crippen LogP contribution is -2.56. The first-order chi connectivity index (χ1) is 15.7.